The summed E-state index contributed by atoms with van der Waals surface area (Å²) < 4.78 is 8.84. The summed E-state index contributed by atoms with van der Waals surface area (Å²) in [5.74, 6) is 0. The van der Waals surface area contributed by atoms with Gasteiger partial charge in [-0.2, -0.15) is 0 Å². The van der Waals surface area contributed by atoms with Crippen LogP contribution < -0.4 is 9.79 Å². The largest absolute Gasteiger partial charge is 2.00 e. The summed E-state index contributed by atoms with van der Waals surface area (Å²) in [6.45, 7) is 0. The van der Waals surface area contributed by atoms with E-state index in [9.17, 15) is 9.79 Å². The molecule has 0 aromatic carbocycles. The van der Waals surface area contributed by atoms with Crippen LogP contribution >= 0.6 is 34.2 Å². The quantitative estimate of drug-likeness (QED) is 0.532. The van der Waals surface area contributed by atoms with Gasteiger partial charge in [0.05, 0.1) is 0 Å². The Labute approximate surface area is 122 Å². The number of hydrogen-bond acceptors (Lipinski definition) is 8. The first-order valence-corrected chi connectivity index (χ1v) is 12.0. The first kappa shape index (κ1) is 22.6. The van der Waals surface area contributed by atoms with Crippen LogP contribution in [0.3, 0.4) is 0 Å². The van der Waals surface area contributed by atoms with E-state index in [0.717, 1.165) is 22.8 Å². The molecule has 2 atom stereocenters. The van der Waals surface area contributed by atoms with Crippen LogP contribution in [0, 0.1) is 0 Å². The molecule has 0 saturated carbocycles. The van der Waals surface area contributed by atoms with Crippen LogP contribution in [0.1, 0.15) is 0 Å². The summed E-state index contributed by atoms with van der Waals surface area (Å²) in [6.07, 6.45) is 3.33. The van der Waals surface area contributed by atoms with Gasteiger partial charge in [0.1, 0.15) is 0 Å². The molecule has 0 bridgehead atoms. The van der Waals surface area contributed by atoms with Crippen LogP contribution in [-0.2, 0) is 52.1 Å². The van der Waals surface area contributed by atoms with Crippen molar-refractivity contribution < 1.29 is 38.3 Å². The molecule has 0 aliphatic heterocycles. The first-order chi connectivity index (χ1) is 6.24. The summed E-state index contributed by atoms with van der Waals surface area (Å²) >= 11 is 11.0. The van der Waals surface area contributed by atoms with Crippen molar-refractivity contribution in [3.05, 3.63) is 0 Å². The zero-order chi connectivity index (χ0) is 11.8. The maximum atomic E-state index is 10.5. The van der Waals surface area contributed by atoms with Gasteiger partial charge in [-0.15, -0.1) is 22.8 Å². The summed E-state index contributed by atoms with van der Waals surface area (Å²) in [4.78, 5) is 21.0. The van der Waals surface area contributed by atoms with Crippen LogP contribution in [0.4, 0.5) is 0 Å². The van der Waals surface area contributed by atoms with E-state index in [0.29, 0.717) is 0 Å². The summed E-state index contributed by atoms with van der Waals surface area (Å²) in [6, 6.07) is 0. The van der Waals surface area contributed by atoms with E-state index < -0.39 is 11.4 Å². The molecule has 0 saturated heterocycles. The molecule has 0 aliphatic rings. The van der Waals surface area contributed by atoms with Gasteiger partial charge in [-0.1, -0.05) is 23.6 Å². The summed E-state index contributed by atoms with van der Waals surface area (Å²) in [5, 5.41) is 0. The van der Waals surface area contributed by atoms with E-state index in [1.54, 1.807) is 12.5 Å². The second-order valence-corrected chi connectivity index (χ2v) is 14.2. The predicted molar refractivity (Wildman–Crippen MR) is 69.6 cm³/mol. The Hall–Kier alpha value is 2.46. The molecule has 2 unspecified atom stereocenters. The molecule has 0 radical (unpaired) electrons. The van der Waals surface area contributed by atoms with Crippen molar-refractivity contribution in [3.63, 3.8) is 0 Å². The van der Waals surface area contributed by atoms with E-state index >= 15 is 0 Å². The molecule has 0 aliphatic carbocycles. The van der Waals surface area contributed by atoms with Crippen LogP contribution in [0.5, 0.6) is 0 Å². The fraction of sp³-hybridized carbons (Fsp3) is 1.00. The average Bonchev–Trinajstić information content (AvgIpc) is 2.19. The molecule has 0 spiro atoms. The molecule has 11 heteroatoms. The third-order valence-electron chi connectivity index (χ3n) is 0.894. The van der Waals surface area contributed by atoms with E-state index in [1.165, 1.54) is 14.2 Å². The molecule has 0 aromatic rings. The van der Waals surface area contributed by atoms with Gasteiger partial charge in [0.15, 0.2) is 0 Å². The molecule has 88 valence electrons. The van der Waals surface area contributed by atoms with Gasteiger partial charge in [0.25, 0.3) is 0 Å². The van der Waals surface area contributed by atoms with Crippen LogP contribution in [0.25, 0.3) is 0 Å². The molecular formula is C4H12O4P2S4Zn. The van der Waals surface area contributed by atoms with Gasteiger partial charge in [0.2, 0.25) is 0 Å². The van der Waals surface area contributed by atoms with E-state index in [2.05, 4.69) is 32.7 Å². The van der Waals surface area contributed by atoms with Crippen molar-refractivity contribution in [2.24, 2.45) is 0 Å². The fourth-order valence-corrected chi connectivity index (χ4v) is 1.34. The summed E-state index contributed by atoms with van der Waals surface area (Å²) in [7, 11) is 2.70. The molecule has 0 heterocycles. The number of hydrogen-bond donors (Lipinski definition) is 0. The normalized spacial score (nSPS) is 17.5. The summed E-state index contributed by atoms with van der Waals surface area (Å²) in [5.41, 5.74) is -5.31. The Kier molecular flexibility index (Phi) is 17.4. The molecule has 0 N–H and O–H groups in total. The number of rotatable bonds is 4. The predicted octanol–water partition coefficient (Wildman–Crippen LogP) is 1.16. The van der Waals surface area contributed by atoms with Crippen LogP contribution in [0.2, 0.25) is 0 Å². The first-order valence-electron chi connectivity index (χ1n) is 3.09. The Morgan fingerprint density at radius 2 is 1.13 bits per heavy atom. The standard InChI is InChI=1S/2C2H7O2PS2.Zn/c2*1-4-5(3,6)7-2;/h2*1-2H3,(H,3,6);/q;;+2/p-2. The third kappa shape index (κ3) is 16.5. The zero-order valence-corrected chi connectivity index (χ0v) is 16.9. The van der Waals surface area contributed by atoms with Crippen molar-refractivity contribution in [1.29, 1.82) is 0 Å². The van der Waals surface area contributed by atoms with Gasteiger partial charge < -0.3 is 18.8 Å². The van der Waals surface area contributed by atoms with Crippen molar-refractivity contribution >= 4 is 57.8 Å². The minimum atomic E-state index is -2.65. The maximum Gasteiger partial charge on any atom is 2.00 e. The van der Waals surface area contributed by atoms with Gasteiger partial charge >= 0.3 is 19.5 Å². The molecule has 15 heavy (non-hydrogen) atoms. The average molecular weight is 380 g/mol. The smallest absolute Gasteiger partial charge is 0.793 e. The van der Waals surface area contributed by atoms with E-state index in [1.807, 2.05) is 0 Å². The molecular weight excluding hydrogens is 368 g/mol. The Morgan fingerprint density at radius 3 is 1.13 bits per heavy atom. The molecule has 4 nitrogen and oxygen atoms in total. The van der Waals surface area contributed by atoms with Gasteiger partial charge in [-0.3, -0.25) is 0 Å². The van der Waals surface area contributed by atoms with Gasteiger partial charge in [-0.05, 0) is 12.5 Å². The van der Waals surface area contributed by atoms with Crippen molar-refractivity contribution in [2.45, 2.75) is 0 Å². The van der Waals surface area contributed by atoms with Crippen molar-refractivity contribution in [1.82, 2.24) is 0 Å². The maximum absolute atomic E-state index is 10.5. The topological polar surface area (TPSA) is 64.6 Å². The Morgan fingerprint density at radius 1 is 0.933 bits per heavy atom. The fourth-order valence-electron chi connectivity index (χ4n) is 0.149. The van der Waals surface area contributed by atoms with Crippen LogP contribution in [-0.4, -0.2) is 26.7 Å². The minimum absolute atomic E-state index is 0. The molecule has 0 rings (SSSR count). The SMILES string of the molecule is COP([O-])(=S)SC.COP([O-])(=S)SC.[Zn+2]. The zero-order valence-electron chi connectivity index (χ0n) is 8.87. The van der Waals surface area contributed by atoms with E-state index in [4.69, 9.17) is 0 Å². The molecule has 0 aromatic heterocycles. The molecule has 0 fully saturated rings. The Balaban J connectivity index is -0.000000180. The van der Waals surface area contributed by atoms with Gasteiger partial charge in [-0.25, -0.2) is 0 Å². The minimum Gasteiger partial charge on any atom is -0.793 e. The second-order valence-electron chi connectivity index (χ2n) is 1.62. The molecule has 0 amide bonds. The Bertz CT molecular complexity index is 201. The second kappa shape index (κ2) is 11.5. The van der Waals surface area contributed by atoms with Crippen molar-refractivity contribution in [2.75, 3.05) is 26.7 Å². The van der Waals surface area contributed by atoms with Gasteiger partial charge in [0, 0.05) is 25.6 Å². The third-order valence-corrected chi connectivity index (χ3v) is 9.84. The van der Waals surface area contributed by atoms with E-state index in [-0.39, 0.29) is 19.5 Å². The van der Waals surface area contributed by atoms with Crippen molar-refractivity contribution in [3.8, 4) is 0 Å². The van der Waals surface area contributed by atoms with Crippen LogP contribution in [0.15, 0.2) is 0 Å². The monoisotopic (exact) mass is 378 g/mol.